The van der Waals surface area contributed by atoms with Crippen LogP contribution >= 0.6 is 0 Å². The predicted molar refractivity (Wildman–Crippen MR) is 105 cm³/mol. The SMILES string of the molecule is Cc1ccc([C@H](NC(=O)CCCN2CCCCC2)c2ccncc2)cc1. The van der Waals surface area contributed by atoms with Crippen molar-refractivity contribution in [2.75, 3.05) is 19.6 Å². The van der Waals surface area contributed by atoms with E-state index < -0.39 is 0 Å². The molecule has 0 saturated carbocycles. The Labute approximate surface area is 156 Å². The molecule has 2 aromatic rings. The van der Waals surface area contributed by atoms with Crippen molar-refractivity contribution in [2.45, 2.75) is 45.1 Å². The first-order chi connectivity index (χ1) is 12.7. The zero-order chi connectivity index (χ0) is 18.2. The molecule has 3 rings (SSSR count). The largest absolute Gasteiger partial charge is 0.345 e. The van der Waals surface area contributed by atoms with E-state index >= 15 is 0 Å². The third-order valence-corrected chi connectivity index (χ3v) is 5.08. The normalized spacial score (nSPS) is 16.2. The maximum Gasteiger partial charge on any atom is 0.220 e. The highest BCUT2D eigenvalue weighted by molar-refractivity contribution is 5.77. The molecule has 1 aliphatic rings. The number of amides is 1. The second-order valence-corrected chi connectivity index (χ2v) is 7.20. The average molecular weight is 351 g/mol. The summed E-state index contributed by atoms with van der Waals surface area (Å²) in [5.74, 6) is 0.115. The number of aryl methyl sites for hydroxylation is 1. The Morgan fingerprint density at radius 2 is 1.69 bits per heavy atom. The lowest BCUT2D eigenvalue weighted by atomic mass is 9.98. The first-order valence-corrected chi connectivity index (χ1v) is 9.70. The second-order valence-electron chi connectivity index (χ2n) is 7.20. The quantitative estimate of drug-likeness (QED) is 0.824. The van der Waals surface area contributed by atoms with Gasteiger partial charge in [-0.25, -0.2) is 0 Å². The molecular weight excluding hydrogens is 322 g/mol. The molecule has 1 saturated heterocycles. The van der Waals surface area contributed by atoms with Crippen LogP contribution in [0, 0.1) is 6.92 Å². The molecule has 138 valence electrons. The van der Waals surface area contributed by atoms with E-state index in [4.69, 9.17) is 0 Å². The Balaban J connectivity index is 1.60. The van der Waals surface area contributed by atoms with E-state index in [1.807, 2.05) is 12.1 Å². The number of piperidine rings is 1. The summed E-state index contributed by atoms with van der Waals surface area (Å²) < 4.78 is 0. The van der Waals surface area contributed by atoms with Crippen molar-refractivity contribution < 1.29 is 4.79 Å². The van der Waals surface area contributed by atoms with Crippen LogP contribution in [0.15, 0.2) is 48.8 Å². The van der Waals surface area contributed by atoms with Crippen LogP contribution in [0.3, 0.4) is 0 Å². The molecule has 1 fully saturated rings. The number of nitrogens with zero attached hydrogens (tertiary/aromatic N) is 2. The van der Waals surface area contributed by atoms with Crippen LogP contribution in [0.2, 0.25) is 0 Å². The van der Waals surface area contributed by atoms with Gasteiger partial charge in [0.05, 0.1) is 6.04 Å². The molecule has 4 heteroatoms. The first kappa shape index (κ1) is 18.6. The van der Waals surface area contributed by atoms with Crippen molar-refractivity contribution >= 4 is 5.91 Å². The number of hydrogen-bond donors (Lipinski definition) is 1. The van der Waals surface area contributed by atoms with E-state index in [1.54, 1.807) is 12.4 Å². The summed E-state index contributed by atoms with van der Waals surface area (Å²) in [6.45, 7) is 5.47. The van der Waals surface area contributed by atoms with Crippen LogP contribution in [-0.2, 0) is 4.79 Å². The first-order valence-electron chi connectivity index (χ1n) is 9.70. The van der Waals surface area contributed by atoms with Gasteiger partial charge in [0, 0.05) is 18.8 Å². The van der Waals surface area contributed by atoms with Gasteiger partial charge >= 0.3 is 0 Å². The van der Waals surface area contributed by atoms with Crippen molar-refractivity contribution in [3.05, 3.63) is 65.5 Å². The molecule has 1 N–H and O–H groups in total. The Hall–Kier alpha value is -2.20. The Kier molecular flexibility index (Phi) is 6.78. The number of likely N-dealkylation sites (tertiary alicyclic amines) is 1. The minimum Gasteiger partial charge on any atom is -0.345 e. The van der Waals surface area contributed by atoms with Crippen molar-refractivity contribution in [1.29, 1.82) is 0 Å². The number of pyridine rings is 1. The topological polar surface area (TPSA) is 45.2 Å². The standard InChI is InChI=1S/C22H29N3O/c1-18-7-9-19(10-8-18)22(20-11-13-23-14-12-20)24-21(26)6-5-17-25-15-3-2-4-16-25/h7-14,22H,2-6,15-17H2,1H3,(H,24,26)/t22-/m0/s1. The minimum atomic E-state index is -0.124. The van der Waals surface area contributed by atoms with E-state index in [0.29, 0.717) is 6.42 Å². The molecule has 1 atom stereocenters. The molecule has 0 bridgehead atoms. The molecule has 1 aromatic heterocycles. The van der Waals surface area contributed by atoms with Crippen LogP contribution in [0.25, 0.3) is 0 Å². The van der Waals surface area contributed by atoms with Crippen LogP contribution in [0.1, 0.15) is 54.8 Å². The number of nitrogens with one attached hydrogen (secondary N) is 1. The number of benzene rings is 1. The Morgan fingerprint density at radius 1 is 1.04 bits per heavy atom. The van der Waals surface area contributed by atoms with Gasteiger partial charge in [-0.15, -0.1) is 0 Å². The molecule has 26 heavy (non-hydrogen) atoms. The molecule has 1 aliphatic heterocycles. The zero-order valence-corrected chi connectivity index (χ0v) is 15.7. The van der Waals surface area contributed by atoms with Gasteiger partial charge in [-0.05, 0) is 69.1 Å². The third-order valence-electron chi connectivity index (χ3n) is 5.08. The molecule has 4 nitrogen and oxygen atoms in total. The van der Waals surface area contributed by atoms with Gasteiger partial charge in [-0.2, -0.15) is 0 Å². The summed E-state index contributed by atoms with van der Waals surface area (Å²) in [4.78, 5) is 19.1. The fourth-order valence-corrected chi connectivity index (χ4v) is 3.55. The molecule has 1 amide bonds. The van der Waals surface area contributed by atoms with E-state index in [9.17, 15) is 4.79 Å². The van der Waals surface area contributed by atoms with Crippen molar-refractivity contribution in [1.82, 2.24) is 15.2 Å². The maximum absolute atomic E-state index is 12.6. The monoisotopic (exact) mass is 351 g/mol. The molecule has 0 unspecified atom stereocenters. The van der Waals surface area contributed by atoms with E-state index in [1.165, 1.54) is 37.9 Å². The van der Waals surface area contributed by atoms with Gasteiger partial charge in [0.15, 0.2) is 0 Å². The molecular formula is C22H29N3O. The lowest BCUT2D eigenvalue weighted by Gasteiger charge is -2.26. The lowest BCUT2D eigenvalue weighted by molar-refractivity contribution is -0.121. The zero-order valence-electron chi connectivity index (χ0n) is 15.7. The highest BCUT2D eigenvalue weighted by Gasteiger charge is 2.17. The fourth-order valence-electron chi connectivity index (χ4n) is 3.55. The number of carbonyl (C=O) groups excluding carboxylic acids is 1. The molecule has 1 aromatic carbocycles. The van der Waals surface area contributed by atoms with Gasteiger partial charge < -0.3 is 10.2 Å². The van der Waals surface area contributed by atoms with Crippen LogP contribution in [0.5, 0.6) is 0 Å². The molecule has 0 radical (unpaired) electrons. The number of carbonyl (C=O) groups is 1. The maximum atomic E-state index is 12.6. The summed E-state index contributed by atoms with van der Waals surface area (Å²) >= 11 is 0. The van der Waals surface area contributed by atoms with E-state index in [-0.39, 0.29) is 11.9 Å². The molecule has 0 spiro atoms. The molecule has 0 aliphatic carbocycles. The van der Waals surface area contributed by atoms with Gasteiger partial charge in [-0.3, -0.25) is 9.78 Å². The smallest absolute Gasteiger partial charge is 0.220 e. The number of hydrogen-bond acceptors (Lipinski definition) is 3. The summed E-state index contributed by atoms with van der Waals surface area (Å²) in [6, 6.07) is 12.2. The van der Waals surface area contributed by atoms with Crippen LogP contribution in [0.4, 0.5) is 0 Å². The Morgan fingerprint density at radius 3 is 2.38 bits per heavy atom. The van der Waals surface area contributed by atoms with Gasteiger partial charge in [0.2, 0.25) is 5.91 Å². The summed E-state index contributed by atoms with van der Waals surface area (Å²) in [5, 5.41) is 3.22. The number of rotatable bonds is 7. The highest BCUT2D eigenvalue weighted by atomic mass is 16.1. The van der Waals surface area contributed by atoms with Crippen LogP contribution < -0.4 is 5.32 Å². The van der Waals surface area contributed by atoms with Crippen molar-refractivity contribution in [3.8, 4) is 0 Å². The average Bonchev–Trinajstić information content (AvgIpc) is 2.68. The highest BCUT2D eigenvalue weighted by Crippen LogP contribution is 2.22. The fraction of sp³-hybridized carbons (Fsp3) is 0.455. The summed E-state index contributed by atoms with van der Waals surface area (Å²) in [6.07, 6.45) is 8.99. The summed E-state index contributed by atoms with van der Waals surface area (Å²) in [5.41, 5.74) is 3.38. The van der Waals surface area contributed by atoms with Crippen molar-refractivity contribution in [2.24, 2.45) is 0 Å². The third kappa shape index (κ3) is 5.40. The second kappa shape index (κ2) is 9.48. The summed E-state index contributed by atoms with van der Waals surface area (Å²) in [7, 11) is 0. The van der Waals surface area contributed by atoms with Gasteiger partial charge in [-0.1, -0.05) is 36.2 Å². The number of aromatic nitrogens is 1. The Bertz CT molecular complexity index is 678. The van der Waals surface area contributed by atoms with Crippen LogP contribution in [-0.4, -0.2) is 35.4 Å². The van der Waals surface area contributed by atoms with Crippen molar-refractivity contribution in [3.63, 3.8) is 0 Å². The van der Waals surface area contributed by atoms with E-state index in [2.05, 4.69) is 46.4 Å². The van der Waals surface area contributed by atoms with E-state index in [0.717, 1.165) is 24.1 Å². The van der Waals surface area contributed by atoms with Gasteiger partial charge in [0.25, 0.3) is 0 Å². The molecule has 2 heterocycles. The van der Waals surface area contributed by atoms with Gasteiger partial charge in [0.1, 0.15) is 0 Å². The lowest BCUT2D eigenvalue weighted by Crippen LogP contribution is -2.33. The predicted octanol–water partition coefficient (Wildman–Crippen LogP) is 3.86. The minimum absolute atomic E-state index is 0.115.